The van der Waals surface area contributed by atoms with Gasteiger partial charge in [-0.25, -0.2) is 5.01 Å². The number of nitrogens with one attached hydrogen (secondary N) is 1. The molecule has 0 unspecified atom stereocenters. The smallest absolute Gasteiger partial charge is 0.243 e. The first-order chi connectivity index (χ1) is 12.5. The molecule has 3 rings (SSSR count). The molecule has 2 aromatic carbocycles. The van der Waals surface area contributed by atoms with Gasteiger partial charge in [0.2, 0.25) is 11.8 Å². The van der Waals surface area contributed by atoms with Crippen molar-refractivity contribution in [2.24, 2.45) is 5.10 Å². The summed E-state index contributed by atoms with van der Waals surface area (Å²) in [5.41, 5.74) is 2.37. The van der Waals surface area contributed by atoms with Crippen LogP contribution in [0.5, 0.6) is 0 Å². The van der Waals surface area contributed by atoms with Crippen LogP contribution in [0.25, 0.3) is 0 Å². The molecule has 7 heteroatoms. The van der Waals surface area contributed by atoms with E-state index in [1.54, 1.807) is 18.2 Å². The van der Waals surface area contributed by atoms with E-state index in [2.05, 4.69) is 10.4 Å². The van der Waals surface area contributed by atoms with Crippen LogP contribution >= 0.6 is 23.2 Å². The molecule has 0 aromatic heterocycles. The number of rotatable bonds is 5. The molecule has 1 aliphatic rings. The molecule has 1 heterocycles. The van der Waals surface area contributed by atoms with E-state index < -0.39 is 0 Å². The first-order valence-electron chi connectivity index (χ1n) is 8.21. The summed E-state index contributed by atoms with van der Waals surface area (Å²) in [4.78, 5) is 24.3. The Balaban J connectivity index is 1.52. The molecular weight excluding hydrogens is 373 g/mol. The minimum absolute atomic E-state index is 0.0600. The third kappa shape index (κ3) is 4.62. The summed E-state index contributed by atoms with van der Waals surface area (Å²) in [6, 6.07) is 14.6. The Bertz CT molecular complexity index is 853. The van der Waals surface area contributed by atoms with Crippen molar-refractivity contribution in [1.29, 1.82) is 0 Å². The van der Waals surface area contributed by atoms with Crippen molar-refractivity contribution in [1.82, 2.24) is 5.01 Å². The summed E-state index contributed by atoms with van der Waals surface area (Å²) in [7, 11) is 0. The highest BCUT2D eigenvalue weighted by Crippen LogP contribution is 2.25. The number of hydrogen-bond donors (Lipinski definition) is 1. The van der Waals surface area contributed by atoms with E-state index in [1.165, 1.54) is 5.01 Å². The van der Waals surface area contributed by atoms with Crippen LogP contribution in [0.1, 0.15) is 24.8 Å². The van der Waals surface area contributed by atoms with Crippen LogP contribution in [0.3, 0.4) is 0 Å². The quantitative estimate of drug-likeness (QED) is 0.825. The molecule has 2 aromatic rings. The maximum absolute atomic E-state index is 12.3. The number of hydrazone groups is 1. The van der Waals surface area contributed by atoms with E-state index in [-0.39, 0.29) is 24.7 Å². The standard InChI is InChI=1S/C19H17Cl2N3O2/c20-14-6-7-17(15(21)12-14)22-18(25)8-9-19(26)24-11-10-16(23-24)13-4-2-1-3-5-13/h1-7,12H,8-11H2,(H,22,25). The zero-order valence-electron chi connectivity index (χ0n) is 13.9. The highest BCUT2D eigenvalue weighted by atomic mass is 35.5. The van der Waals surface area contributed by atoms with Crippen molar-refractivity contribution in [2.45, 2.75) is 19.3 Å². The Kier molecular flexibility index (Phi) is 5.91. The lowest BCUT2D eigenvalue weighted by Gasteiger charge is -2.11. The molecule has 0 aliphatic carbocycles. The molecule has 0 spiro atoms. The van der Waals surface area contributed by atoms with Crippen LogP contribution in [0.2, 0.25) is 10.0 Å². The minimum atomic E-state index is -0.283. The maximum Gasteiger partial charge on any atom is 0.243 e. The summed E-state index contributed by atoms with van der Waals surface area (Å²) in [6.45, 7) is 0.535. The third-order valence-corrected chi connectivity index (χ3v) is 4.52. The van der Waals surface area contributed by atoms with E-state index in [1.807, 2.05) is 30.3 Å². The molecule has 0 saturated heterocycles. The van der Waals surface area contributed by atoms with Gasteiger partial charge in [-0.1, -0.05) is 53.5 Å². The minimum Gasteiger partial charge on any atom is -0.325 e. The number of benzene rings is 2. The molecule has 2 amide bonds. The highest BCUT2D eigenvalue weighted by molar-refractivity contribution is 6.36. The molecule has 5 nitrogen and oxygen atoms in total. The third-order valence-electron chi connectivity index (χ3n) is 3.97. The fraction of sp³-hybridized carbons (Fsp3) is 0.211. The fourth-order valence-electron chi connectivity index (χ4n) is 2.62. The second kappa shape index (κ2) is 8.34. The van der Waals surface area contributed by atoms with Gasteiger partial charge in [0.15, 0.2) is 0 Å². The topological polar surface area (TPSA) is 61.8 Å². The molecule has 1 aliphatic heterocycles. The predicted molar refractivity (Wildman–Crippen MR) is 104 cm³/mol. The van der Waals surface area contributed by atoms with Gasteiger partial charge in [-0.2, -0.15) is 5.10 Å². The summed E-state index contributed by atoms with van der Waals surface area (Å²) in [6.07, 6.45) is 0.857. The largest absolute Gasteiger partial charge is 0.325 e. The van der Waals surface area contributed by atoms with E-state index in [4.69, 9.17) is 23.2 Å². The lowest BCUT2D eigenvalue weighted by molar-refractivity contribution is -0.132. The molecule has 0 saturated carbocycles. The Morgan fingerprint density at radius 3 is 2.58 bits per heavy atom. The second-order valence-electron chi connectivity index (χ2n) is 5.85. The lowest BCUT2D eigenvalue weighted by Crippen LogP contribution is -2.25. The first kappa shape index (κ1) is 18.4. The van der Waals surface area contributed by atoms with Crippen molar-refractivity contribution >= 4 is 46.4 Å². The van der Waals surface area contributed by atoms with Gasteiger partial charge < -0.3 is 5.32 Å². The van der Waals surface area contributed by atoms with Crippen molar-refractivity contribution < 1.29 is 9.59 Å². The number of amides is 2. The number of carbonyl (C=O) groups is 2. The average molecular weight is 390 g/mol. The van der Waals surface area contributed by atoms with Gasteiger partial charge in [0.1, 0.15) is 0 Å². The molecule has 0 fully saturated rings. The second-order valence-corrected chi connectivity index (χ2v) is 6.70. The fourth-order valence-corrected chi connectivity index (χ4v) is 3.08. The normalized spacial score (nSPS) is 13.5. The van der Waals surface area contributed by atoms with Crippen molar-refractivity contribution in [3.05, 3.63) is 64.1 Å². The van der Waals surface area contributed by atoms with Crippen LogP contribution in [0.15, 0.2) is 53.6 Å². The van der Waals surface area contributed by atoms with Gasteiger partial charge in [-0.05, 0) is 23.8 Å². The van der Waals surface area contributed by atoms with E-state index in [9.17, 15) is 9.59 Å². The average Bonchev–Trinajstić information content (AvgIpc) is 3.13. The summed E-state index contributed by atoms with van der Waals surface area (Å²) < 4.78 is 0. The number of hydrogen-bond acceptors (Lipinski definition) is 3. The van der Waals surface area contributed by atoms with Crippen molar-refractivity contribution in [3.8, 4) is 0 Å². The van der Waals surface area contributed by atoms with Gasteiger partial charge in [0.25, 0.3) is 0 Å². The lowest BCUT2D eigenvalue weighted by atomic mass is 10.1. The summed E-state index contributed by atoms with van der Waals surface area (Å²) in [5.74, 6) is -0.456. The SMILES string of the molecule is O=C(CCC(=O)N1CCC(c2ccccc2)=N1)Nc1ccc(Cl)cc1Cl. The van der Waals surface area contributed by atoms with E-state index >= 15 is 0 Å². The Morgan fingerprint density at radius 2 is 1.85 bits per heavy atom. The molecule has 1 N–H and O–H groups in total. The molecular formula is C19H17Cl2N3O2. The number of nitrogens with zero attached hydrogens (tertiary/aromatic N) is 2. The molecule has 26 heavy (non-hydrogen) atoms. The number of anilines is 1. The first-order valence-corrected chi connectivity index (χ1v) is 8.96. The van der Waals surface area contributed by atoms with Gasteiger partial charge >= 0.3 is 0 Å². The monoisotopic (exact) mass is 389 g/mol. The van der Waals surface area contributed by atoms with Gasteiger partial charge in [-0.15, -0.1) is 0 Å². The molecule has 134 valence electrons. The zero-order valence-corrected chi connectivity index (χ0v) is 15.4. The number of halogens is 2. The van der Waals surface area contributed by atoms with Gasteiger partial charge in [-0.3, -0.25) is 9.59 Å². The van der Waals surface area contributed by atoms with Crippen LogP contribution in [0.4, 0.5) is 5.69 Å². The van der Waals surface area contributed by atoms with Crippen LogP contribution in [0, 0.1) is 0 Å². The Morgan fingerprint density at radius 1 is 1.08 bits per heavy atom. The van der Waals surface area contributed by atoms with E-state index in [0.717, 1.165) is 11.3 Å². The molecule has 0 radical (unpaired) electrons. The highest BCUT2D eigenvalue weighted by Gasteiger charge is 2.22. The molecule has 0 bridgehead atoms. The van der Waals surface area contributed by atoms with Crippen LogP contribution in [-0.4, -0.2) is 29.1 Å². The zero-order chi connectivity index (χ0) is 18.5. The molecule has 0 atom stereocenters. The van der Waals surface area contributed by atoms with Crippen LogP contribution < -0.4 is 5.32 Å². The van der Waals surface area contributed by atoms with Crippen molar-refractivity contribution in [3.63, 3.8) is 0 Å². The Hall–Kier alpha value is -2.37. The summed E-state index contributed by atoms with van der Waals surface area (Å²) in [5, 5.41) is 9.34. The van der Waals surface area contributed by atoms with Gasteiger partial charge in [0, 0.05) is 24.3 Å². The van der Waals surface area contributed by atoms with Gasteiger partial charge in [0.05, 0.1) is 23.0 Å². The Labute approximate surface area is 161 Å². The predicted octanol–water partition coefficient (Wildman–Crippen LogP) is 4.35. The maximum atomic E-state index is 12.3. The van der Waals surface area contributed by atoms with Crippen molar-refractivity contribution in [2.75, 3.05) is 11.9 Å². The summed E-state index contributed by atoms with van der Waals surface area (Å²) >= 11 is 11.8. The van der Waals surface area contributed by atoms with E-state index in [0.29, 0.717) is 28.7 Å². The van der Waals surface area contributed by atoms with Crippen LogP contribution in [-0.2, 0) is 9.59 Å². The number of carbonyl (C=O) groups excluding carboxylic acids is 2.